The molecule has 2 aromatic rings. The Morgan fingerprint density at radius 1 is 1.05 bits per heavy atom. The lowest BCUT2D eigenvalue weighted by molar-refractivity contribution is 0.194. The monoisotopic (exact) mass is 271 g/mol. The standard InChI is InChI=1S/C17H21NO2/c1-4-12(2)14-5-7-15(8-6-14)20-16-9-10-17(13(3)19)18-11-16/h5-13,19H,4H2,1-3H3. The van der Waals surface area contributed by atoms with Gasteiger partial charge < -0.3 is 9.84 Å². The molecule has 2 atom stereocenters. The van der Waals surface area contributed by atoms with Crippen LogP contribution in [0, 0.1) is 0 Å². The van der Waals surface area contributed by atoms with Crippen molar-refractivity contribution in [3.05, 3.63) is 53.9 Å². The second-order valence-corrected chi connectivity index (χ2v) is 5.08. The van der Waals surface area contributed by atoms with Gasteiger partial charge in [0.25, 0.3) is 0 Å². The summed E-state index contributed by atoms with van der Waals surface area (Å²) >= 11 is 0. The molecule has 0 aliphatic heterocycles. The van der Waals surface area contributed by atoms with E-state index < -0.39 is 6.10 Å². The van der Waals surface area contributed by atoms with Gasteiger partial charge in [-0.25, -0.2) is 0 Å². The van der Waals surface area contributed by atoms with Gasteiger partial charge in [-0.2, -0.15) is 0 Å². The Morgan fingerprint density at radius 2 is 1.70 bits per heavy atom. The van der Waals surface area contributed by atoms with Crippen molar-refractivity contribution >= 4 is 0 Å². The summed E-state index contributed by atoms with van der Waals surface area (Å²) in [6.07, 6.45) is 2.20. The highest BCUT2D eigenvalue weighted by Crippen LogP contribution is 2.25. The Labute approximate surface area is 120 Å². The van der Waals surface area contributed by atoms with Crippen LogP contribution < -0.4 is 4.74 Å². The van der Waals surface area contributed by atoms with E-state index in [1.54, 1.807) is 19.2 Å². The topological polar surface area (TPSA) is 42.4 Å². The molecule has 2 unspecified atom stereocenters. The van der Waals surface area contributed by atoms with Gasteiger partial charge in [0, 0.05) is 0 Å². The molecule has 1 heterocycles. The van der Waals surface area contributed by atoms with Crippen LogP contribution in [-0.2, 0) is 0 Å². The molecule has 0 saturated carbocycles. The van der Waals surface area contributed by atoms with Crippen molar-refractivity contribution in [2.75, 3.05) is 0 Å². The van der Waals surface area contributed by atoms with Gasteiger partial charge in [0.2, 0.25) is 0 Å². The minimum absolute atomic E-state index is 0.557. The third kappa shape index (κ3) is 3.58. The highest BCUT2D eigenvalue weighted by molar-refractivity contribution is 5.33. The summed E-state index contributed by atoms with van der Waals surface area (Å²) in [5, 5.41) is 9.41. The van der Waals surface area contributed by atoms with E-state index in [-0.39, 0.29) is 0 Å². The molecule has 0 amide bonds. The van der Waals surface area contributed by atoms with Gasteiger partial charge >= 0.3 is 0 Å². The first-order valence-corrected chi connectivity index (χ1v) is 7.02. The molecule has 0 bridgehead atoms. The van der Waals surface area contributed by atoms with Crippen LogP contribution in [0.5, 0.6) is 11.5 Å². The molecule has 0 aliphatic rings. The number of pyridine rings is 1. The second-order valence-electron chi connectivity index (χ2n) is 5.08. The molecule has 0 saturated heterocycles. The summed E-state index contributed by atoms with van der Waals surface area (Å²) in [5.74, 6) is 2.03. The van der Waals surface area contributed by atoms with Crippen LogP contribution in [0.3, 0.4) is 0 Å². The van der Waals surface area contributed by atoms with Crippen LogP contribution in [0.1, 0.15) is 50.5 Å². The number of aliphatic hydroxyl groups is 1. The van der Waals surface area contributed by atoms with Crippen molar-refractivity contribution in [2.24, 2.45) is 0 Å². The number of aromatic nitrogens is 1. The molecular weight excluding hydrogens is 250 g/mol. The zero-order valence-electron chi connectivity index (χ0n) is 12.2. The molecule has 3 nitrogen and oxygen atoms in total. The number of benzene rings is 1. The molecule has 2 rings (SSSR count). The summed E-state index contributed by atoms with van der Waals surface area (Å²) in [6.45, 7) is 6.09. The van der Waals surface area contributed by atoms with Gasteiger partial charge in [0.15, 0.2) is 0 Å². The molecule has 0 spiro atoms. The van der Waals surface area contributed by atoms with E-state index in [0.717, 1.165) is 12.2 Å². The fourth-order valence-corrected chi connectivity index (χ4v) is 1.94. The molecule has 1 aromatic heterocycles. The zero-order valence-corrected chi connectivity index (χ0v) is 12.2. The van der Waals surface area contributed by atoms with Crippen LogP contribution in [0.4, 0.5) is 0 Å². The Hall–Kier alpha value is -1.87. The first kappa shape index (κ1) is 14.5. The minimum Gasteiger partial charge on any atom is -0.456 e. The SMILES string of the molecule is CCC(C)c1ccc(Oc2ccc(C(C)O)nc2)cc1. The quantitative estimate of drug-likeness (QED) is 0.874. The van der Waals surface area contributed by atoms with Crippen LogP contribution in [0.2, 0.25) is 0 Å². The summed E-state index contributed by atoms with van der Waals surface area (Å²) in [7, 11) is 0. The number of rotatable bonds is 5. The van der Waals surface area contributed by atoms with E-state index in [4.69, 9.17) is 4.74 Å². The van der Waals surface area contributed by atoms with E-state index >= 15 is 0 Å². The Bertz CT molecular complexity index is 532. The zero-order chi connectivity index (χ0) is 14.5. The maximum atomic E-state index is 9.41. The van der Waals surface area contributed by atoms with Gasteiger partial charge in [0.05, 0.1) is 18.0 Å². The summed E-state index contributed by atoms with van der Waals surface area (Å²) < 4.78 is 5.74. The average Bonchev–Trinajstić information content (AvgIpc) is 2.48. The Morgan fingerprint density at radius 3 is 2.20 bits per heavy atom. The fourth-order valence-electron chi connectivity index (χ4n) is 1.94. The van der Waals surface area contributed by atoms with Crippen molar-refractivity contribution in [1.82, 2.24) is 4.98 Å². The van der Waals surface area contributed by atoms with E-state index in [1.807, 2.05) is 18.2 Å². The van der Waals surface area contributed by atoms with Gasteiger partial charge in [-0.15, -0.1) is 0 Å². The molecule has 20 heavy (non-hydrogen) atoms. The summed E-state index contributed by atoms with van der Waals surface area (Å²) in [4.78, 5) is 4.16. The lowest BCUT2D eigenvalue weighted by atomic mass is 9.99. The lowest BCUT2D eigenvalue weighted by Gasteiger charge is -2.11. The van der Waals surface area contributed by atoms with Crippen molar-refractivity contribution in [1.29, 1.82) is 0 Å². The van der Waals surface area contributed by atoms with Crippen molar-refractivity contribution in [3.63, 3.8) is 0 Å². The van der Waals surface area contributed by atoms with Gasteiger partial charge in [-0.1, -0.05) is 26.0 Å². The number of nitrogens with zero attached hydrogens (tertiary/aromatic N) is 1. The third-order valence-electron chi connectivity index (χ3n) is 3.48. The smallest absolute Gasteiger partial charge is 0.145 e. The molecular formula is C17H21NO2. The van der Waals surface area contributed by atoms with Gasteiger partial charge in [-0.3, -0.25) is 4.98 Å². The average molecular weight is 271 g/mol. The number of hydrogen-bond acceptors (Lipinski definition) is 3. The number of aliphatic hydroxyl groups excluding tert-OH is 1. The minimum atomic E-state index is -0.557. The number of hydrogen-bond donors (Lipinski definition) is 1. The Kier molecular flexibility index (Phi) is 4.74. The van der Waals surface area contributed by atoms with Crippen molar-refractivity contribution in [3.8, 4) is 11.5 Å². The highest BCUT2D eigenvalue weighted by Gasteiger charge is 2.05. The Balaban J connectivity index is 2.06. The second kappa shape index (κ2) is 6.53. The fraction of sp³-hybridized carbons (Fsp3) is 0.353. The highest BCUT2D eigenvalue weighted by atomic mass is 16.5. The molecule has 106 valence electrons. The van der Waals surface area contributed by atoms with E-state index in [0.29, 0.717) is 17.4 Å². The van der Waals surface area contributed by atoms with Gasteiger partial charge in [-0.05, 0) is 49.1 Å². The first-order chi connectivity index (χ1) is 9.60. The third-order valence-corrected chi connectivity index (χ3v) is 3.48. The van der Waals surface area contributed by atoms with Crippen LogP contribution in [-0.4, -0.2) is 10.1 Å². The van der Waals surface area contributed by atoms with Crippen LogP contribution >= 0.6 is 0 Å². The molecule has 0 radical (unpaired) electrons. The van der Waals surface area contributed by atoms with Crippen LogP contribution in [0.15, 0.2) is 42.6 Å². The van der Waals surface area contributed by atoms with Crippen LogP contribution in [0.25, 0.3) is 0 Å². The van der Waals surface area contributed by atoms with Crippen molar-refractivity contribution < 1.29 is 9.84 Å². The van der Waals surface area contributed by atoms with Gasteiger partial charge in [0.1, 0.15) is 11.5 Å². The number of ether oxygens (including phenoxy) is 1. The van der Waals surface area contributed by atoms with E-state index in [1.165, 1.54) is 5.56 Å². The largest absolute Gasteiger partial charge is 0.456 e. The molecule has 1 N–H and O–H groups in total. The lowest BCUT2D eigenvalue weighted by Crippen LogP contribution is -1.95. The summed E-state index contributed by atoms with van der Waals surface area (Å²) in [6, 6.07) is 11.7. The molecule has 0 fully saturated rings. The normalized spacial score (nSPS) is 13.8. The van der Waals surface area contributed by atoms with E-state index in [2.05, 4.69) is 31.0 Å². The first-order valence-electron chi connectivity index (χ1n) is 7.02. The predicted molar refractivity (Wildman–Crippen MR) is 80.1 cm³/mol. The maximum Gasteiger partial charge on any atom is 0.145 e. The molecule has 0 aliphatic carbocycles. The maximum absolute atomic E-state index is 9.41. The predicted octanol–water partition coefficient (Wildman–Crippen LogP) is 4.44. The van der Waals surface area contributed by atoms with E-state index in [9.17, 15) is 5.11 Å². The summed E-state index contributed by atoms with van der Waals surface area (Å²) in [5.41, 5.74) is 1.96. The molecule has 3 heteroatoms. The van der Waals surface area contributed by atoms with Crippen molar-refractivity contribution in [2.45, 2.75) is 39.2 Å². The molecule has 1 aromatic carbocycles.